The van der Waals surface area contributed by atoms with Gasteiger partial charge in [0, 0.05) is 16.6 Å². The number of ether oxygens (including phenoxy) is 1. The lowest BCUT2D eigenvalue weighted by molar-refractivity contribution is 0.253. The van der Waals surface area contributed by atoms with Crippen molar-refractivity contribution in [3.63, 3.8) is 0 Å². The lowest BCUT2D eigenvalue weighted by atomic mass is 10.1. The normalized spacial score (nSPS) is 13.2. The summed E-state index contributed by atoms with van der Waals surface area (Å²) in [5.41, 5.74) is 1.25. The van der Waals surface area contributed by atoms with Crippen LogP contribution in [-0.4, -0.2) is 20.8 Å². The highest BCUT2D eigenvalue weighted by Gasteiger charge is 2.17. The molecule has 0 N–H and O–H groups in total. The molecule has 0 amide bonds. The van der Waals surface area contributed by atoms with E-state index in [-0.39, 0.29) is 11.7 Å². The molecule has 0 heterocycles. The molecule has 5 heteroatoms. The minimum atomic E-state index is -3.47. The molecule has 0 saturated carbocycles. The van der Waals surface area contributed by atoms with Crippen molar-refractivity contribution in [2.45, 2.75) is 33.1 Å². The molecule has 0 aliphatic heterocycles. The van der Waals surface area contributed by atoms with Gasteiger partial charge < -0.3 is 4.74 Å². The Morgan fingerprint density at radius 2 is 1.84 bits per heavy atom. The lowest BCUT2D eigenvalue weighted by Crippen LogP contribution is -2.19. The molecule has 0 bridgehead atoms. The smallest absolute Gasteiger partial charge is 0.232 e. The topological polar surface area (TPSA) is 43.4 Å². The van der Waals surface area contributed by atoms with E-state index in [0.29, 0.717) is 6.61 Å². The van der Waals surface area contributed by atoms with Crippen LogP contribution in [0.3, 0.4) is 0 Å². The summed E-state index contributed by atoms with van der Waals surface area (Å²) in [5.74, 6) is 0.679. The maximum absolute atomic E-state index is 11.1. The molecule has 0 aliphatic carbocycles. The highest BCUT2D eigenvalue weighted by atomic mass is 35.7. The minimum absolute atomic E-state index is 0.0323. The summed E-state index contributed by atoms with van der Waals surface area (Å²) in [5, 5.41) is 0. The molecule has 0 aromatic heterocycles. The predicted molar refractivity (Wildman–Crippen MR) is 79.4 cm³/mol. The second-order valence-electron chi connectivity index (χ2n) is 4.67. The van der Waals surface area contributed by atoms with Crippen LogP contribution in [-0.2, 0) is 15.5 Å². The number of benzene rings is 1. The van der Waals surface area contributed by atoms with Crippen molar-refractivity contribution in [2.75, 3.05) is 12.4 Å². The molecule has 108 valence electrons. The Bertz CT molecular complexity index is 468. The van der Waals surface area contributed by atoms with Gasteiger partial charge in [-0.1, -0.05) is 32.4 Å². The van der Waals surface area contributed by atoms with E-state index in [9.17, 15) is 8.42 Å². The van der Waals surface area contributed by atoms with Gasteiger partial charge in [0.25, 0.3) is 0 Å². The molecule has 1 atom stereocenters. The van der Waals surface area contributed by atoms with Gasteiger partial charge in [-0.15, -0.1) is 0 Å². The predicted octanol–water partition coefficient (Wildman–Crippen LogP) is 3.61. The minimum Gasteiger partial charge on any atom is -0.493 e. The fraction of sp³-hybridized carbons (Fsp3) is 0.571. The lowest BCUT2D eigenvalue weighted by Gasteiger charge is -2.15. The van der Waals surface area contributed by atoms with Gasteiger partial charge in [0.15, 0.2) is 0 Å². The SMILES string of the molecule is CCCC(COc1ccc(CC)cc1)CS(=O)(=O)Cl. The van der Waals surface area contributed by atoms with Gasteiger partial charge in [-0.05, 0) is 30.5 Å². The van der Waals surface area contributed by atoms with E-state index in [2.05, 4.69) is 6.92 Å². The Morgan fingerprint density at radius 3 is 2.32 bits per heavy atom. The van der Waals surface area contributed by atoms with E-state index in [1.165, 1.54) is 5.56 Å². The van der Waals surface area contributed by atoms with Crippen molar-refractivity contribution in [1.82, 2.24) is 0 Å². The third-order valence-electron chi connectivity index (χ3n) is 2.95. The van der Waals surface area contributed by atoms with E-state index in [1.807, 2.05) is 31.2 Å². The van der Waals surface area contributed by atoms with Crippen LogP contribution in [0.25, 0.3) is 0 Å². The summed E-state index contributed by atoms with van der Waals surface area (Å²) >= 11 is 0. The number of halogens is 1. The maximum Gasteiger partial charge on any atom is 0.232 e. The fourth-order valence-corrected chi connectivity index (χ4v) is 3.30. The highest BCUT2D eigenvalue weighted by molar-refractivity contribution is 8.13. The molecule has 1 aromatic rings. The van der Waals surface area contributed by atoms with Crippen molar-refractivity contribution < 1.29 is 13.2 Å². The van der Waals surface area contributed by atoms with Crippen LogP contribution < -0.4 is 4.74 Å². The molecule has 1 aromatic carbocycles. The molecular weight excluding hydrogens is 284 g/mol. The second-order valence-corrected chi connectivity index (χ2v) is 7.49. The van der Waals surface area contributed by atoms with Gasteiger partial charge in [-0.25, -0.2) is 8.42 Å². The number of aryl methyl sites for hydroxylation is 1. The van der Waals surface area contributed by atoms with E-state index >= 15 is 0 Å². The third-order valence-corrected chi connectivity index (χ3v) is 4.20. The van der Waals surface area contributed by atoms with Crippen molar-refractivity contribution in [3.8, 4) is 5.75 Å². The quantitative estimate of drug-likeness (QED) is 0.689. The fourth-order valence-electron chi connectivity index (χ4n) is 1.94. The number of rotatable bonds is 8. The van der Waals surface area contributed by atoms with Crippen LogP contribution in [0.1, 0.15) is 32.3 Å². The first-order valence-electron chi connectivity index (χ1n) is 6.58. The van der Waals surface area contributed by atoms with Crippen LogP contribution in [0, 0.1) is 5.92 Å². The Labute approximate surface area is 120 Å². The Hall–Kier alpha value is -0.740. The average Bonchev–Trinajstić information content (AvgIpc) is 2.35. The molecule has 0 radical (unpaired) electrons. The first kappa shape index (κ1) is 16.3. The standard InChI is InChI=1S/C14H21ClO3S/c1-3-5-13(11-19(15,16)17)10-18-14-8-6-12(4-2)7-9-14/h6-9,13H,3-5,10-11H2,1-2H3. The molecule has 3 nitrogen and oxygen atoms in total. The van der Waals surface area contributed by atoms with Gasteiger partial charge in [0.1, 0.15) is 5.75 Å². The molecule has 19 heavy (non-hydrogen) atoms. The Balaban J connectivity index is 2.54. The summed E-state index contributed by atoms with van der Waals surface area (Å²) in [6.07, 6.45) is 2.69. The second kappa shape index (κ2) is 7.75. The van der Waals surface area contributed by atoms with Crippen molar-refractivity contribution in [1.29, 1.82) is 0 Å². The zero-order valence-corrected chi connectivity index (χ0v) is 13.0. The molecular formula is C14H21ClO3S. The largest absolute Gasteiger partial charge is 0.493 e. The first-order chi connectivity index (χ1) is 8.94. The summed E-state index contributed by atoms with van der Waals surface area (Å²) in [6, 6.07) is 7.86. The van der Waals surface area contributed by atoms with Crippen LogP contribution >= 0.6 is 10.7 Å². The monoisotopic (exact) mass is 304 g/mol. The van der Waals surface area contributed by atoms with Crippen LogP contribution in [0.5, 0.6) is 5.75 Å². The summed E-state index contributed by atoms with van der Waals surface area (Å²) in [6.45, 7) is 4.49. The molecule has 0 aliphatic rings. The zero-order chi connectivity index (χ0) is 14.3. The molecule has 0 spiro atoms. The van der Waals surface area contributed by atoms with Crippen LogP contribution in [0.4, 0.5) is 0 Å². The molecule has 1 unspecified atom stereocenters. The van der Waals surface area contributed by atoms with E-state index < -0.39 is 9.05 Å². The number of hydrogen-bond donors (Lipinski definition) is 0. The van der Waals surface area contributed by atoms with E-state index in [0.717, 1.165) is 25.0 Å². The summed E-state index contributed by atoms with van der Waals surface area (Å²) < 4.78 is 27.9. The molecule has 0 fully saturated rings. The zero-order valence-electron chi connectivity index (χ0n) is 11.4. The van der Waals surface area contributed by atoms with E-state index in [4.69, 9.17) is 15.4 Å². The van der Waals surface area contributed by atoms with E-state index in [1.54, 1.807) is 0 Å². The maximum atomic E-state index is 11.1. The number of hydrogen-bond acceptors (Lipinski definition) is 3. The van der Waals surface area contributed by atoms with Gasteiger partial charge in [0.05, 0.1) is 12.4 Å². The van der Waals surface area contributed by atoms with Crippen molar-refractivity contribution >= 4 is 19.7 Å². The Morgan fingerprint density at radius 1 is 1.21 bits per heavy atom. The third kappa shape index (κ3) is 6.83. The summed E-state index contributed by atoms with van der Waals surface area (Å²) in [4.78, 5) is 0. The van der Waals surface area contributed by atoms with Crippen LogP contribution in [0.2, 0.25) is 0 Å². The average molecular weight is 305 g/mol. The van der Waals surface area contributed by atoms with Crippen LogP contribution in [0.15, 0.2) is 24.3 Å². The van der Waals surface area contributed by atoms with Crippen molar-refractivity contribution in [3.05, 3.63) is 29.8 Å². The van der Waals surface area contributed by atoms with Gasteiger partial charge in [-0.3, -0.25) is 0 Å². The highest BCUT2D eigenvalue weighted by Crippen LogP contribution is 2.17. The van der Waals surface area contributed by atoms with Gasteiger partial charge in [-0.2, -0.15) is 0 Å². The Kier molecular flexibility index (Phi) is 6.66. The summed E-state index contributed by atoms with van der Waals surface area (Å²) in [7, 11) is 1.83. The van der Waals surface area contributed by atoms with Gasteiger partial charge >= 0.3 is 0 Å². The first-order valence-corrected chi connectivity index (χ1v) is 9.06. The van der Waals surface area contributed by atoms with Gasteiger partial charge in [0.2, 0.25) is 9.05 Å². The molecule has 1 rings (SSSR count). The molecule has 0 saturated heterocycles. The van der Waals surface area contributed by atoms with Crippen molar-refractivity contribution in [2.24, 2.45) is 5.92 Å².